The van der Waals surface area contributed by atoms with Gasteiger partial charge in [-0.05, 0) is 48.4 Å². The molecule has 0 atom stereocenters. The lowest BCUT2D eigenvalue weighted by atomic mass is 10.1. The van der Waals surface area contributed by atoms with Gasteiger partial charge in [0.15, 0.2) is 6.61 Å². The number of carbonyl (C=O) groups excluding carboxylic acids is 1. The number of hydrogen-bond donors (Lipinski definition) is 0. The molecule has 1 amide bonds. The van der Waals surface area contributed by atoms with Gasteiger partial charge in [-0.1, -0.05) is 19.1 Å². The Morgan fingerprint density at radius 1 is 1.08 bits per heavy atom. The third-order valence-corrected chi connectivity index (χ3v) is 3.72. The smallest absolute Gasteiger partial charge is 0.260 e. The standard InChI is InChI=1S/C20H22N2O3/c1-3-12-22(14-17-6-4-16(13-21)5-7-17)20(23)15-25-19-10-8-18(24-2)9-11-19/h4-11H,3,12,14-15H2,1-2H3. The lowest BCUT2D eigenvalue weighted by Gasteiger charge is -2.22. The summed E-state index contributed by atoms with van der Waals surface area (Å²) in [6.07, 6.45) is 0.866. The van der Waals surface area contributed by atoms with Crippen LogP contribution < -0.4 is 9.47 Å². The second-order valence-electron chi connectivity index (χ2n) is 5.59. The van der Waals surface area contributed by atoms with Crippen molar-refractivity contribution < 1.29 is 14.3 Å². The van der Waals surface area contributed by atoms with Crippen molar-refractivity contribution in [1.29, 1.82) is 5.26 Å². The number of carbonyl (C=O) groups is 1. The highest BCUT2D eigenvalue weighted by Gasteiger charge is 2.14. The van der Waals surface area contributed by atoms with E-state index in [1.807, 2.05) is 19.1 Å². The molecule has 0 saturated carbocycles. The van der Waals surface area contributed by atoms with Gasteiger partial charge in [0.05, 0.1) is 18.7 Å². The first-order valence-electron chi connectivity index (χ1n) is 8.20. The van der Waals surface area contributed by atoms with E-state index in [1.54, 1.807) is 48.4 Å². The van der Waals surface area contributed by atoms with Gasteiger partial charge >= 0.3 is 0 Å². The van der Waals surface area contributed by atoms with Gasteiger partial charge in [0, 0.05) is 13.1 Å². The molecule has 25 heavy (non-hydrogen) atoms. The molecular formula is C20H22N2O3. The topological polar surface area (TPSA) is 62.6 Å². The summed E-state index contributed by atoms with van der Waals surface area (Å²) in [5.74, 6) is 1.30. The fraction of sp³-hybridized carbons (Fsp3) is 0.300. The molecule has 2 aromatic rings. The molecule has 0 radical (unpaired) electrons. The van der Waals surface area contributed by atoms with Crippen LogP contribution >= 0.6 is 0 Å². The first-order chi connectivity index (χ1) is 12.2. The van der Waals surface area contributed by atoms with E-state index in [-0.39, 0.29) is 12.5 Å². The Labute approximate surface area is 148 Å². The summed E-state index contributed by atoms with van der Waals surface area (Å²) in [7, 11) is 1.60. The number of benzene rings is 2. The summed E-state index contributed by atoms with van der Waals surface area (Å²) in [5.41, 5.74) is 1.60. The van der Waals surface area contributed by atoms with E-state index in [9.17, 15) is 4.79 Å². The molecule has 0 heterocycles. The average Bonchev–Trinajstić information content (AvgIpc) is 2.66. The first kappa shape index (κ1) is 18.3. The number of hydrogen-bond acceptors (Lipinski definition) is 4. The third-order valence-electron chi connectivity index (χ3n) is 3.72. The zero-order chi connectivity index (χ0) is 18.1. The molecule has 130 valence electrons. The zero-order valence-electron chi connectivity index (χ0n) is 14.6. The Bertz CT molecular complexity index is 718. The lowest BCUT2D eigenvalue weighted by Crippen LogP contribution is -2.35. The van der Waals surface area contributed by atoms with Crippen LogP contribution in [0.5, 0.6) is 11.5 Å². The van der Waals surface area contributed by atoms with Crippen LogP contribution in [0.2, 0.25) is 0 Å². The molecule has 2 aromatic carbocycles. The Morgan fingerprint density at radius 2 is 1.72 bits per heavy atom. The van der Waals surface area contributed by atoms with Crippen LogP contribution in [0.4, 0.5) is 0 Å². The molecule has 0 fully saturated rings. The molecular weight excluding hydrogens is 316 g/mol. The van der Waals surface area contributed by atoms with Crippen molar-refractivity contribution in [2.45, 2.75) is 19.9 Å². The van der Waals surface area contributed by atoms with Gasteiger partial charge in [-0.15, -0.1) is 0 Å². The normalized spacial score (nSPS) is 9.96. The van der Waals surface area contributed by atoms with Crippen molar-refractivity contribution in [3.05, 3.63) is 59.7 Å². The molecule has 0 aliphatic carbocycles. The highest BCUT2D eigenvalue weighted by atomic mass is 16.5. The fourth-order valence-corrected chi connectivity index (χ4v) is 2.38. The quantitative estimate of drug-likeness (QED) is 0.740. The highest BCUT2D eigenvalue weighted by molar-refractivity contribution is 5.77. The maximum Gasteiger partial charge on any atom is 0.260 e. The molecule has 5 heteroatoms. The Hall–Kier alpha value is -3.00. The molecule has 0 aliphatic heterocycles. The van der Waals surface area contributed by atoms with Crippen molar-refractivity contribution in [1.82, 2.24) is 4.90 Å². The number of nitrogens with zero attached hydrogens (tertiary/aromatic N) is 2. The van der Waals surface area contributed by atoms with E-state index in [2.05, 4.69) is 6.07 Å². The summed E-state index contributed by atoms with van der Waals surface area (Å²) in [6.45, 7) is 3.18. The van der Waals surface area contributed by atoms with Gasteiger partial charge < -0.3 is 14.4 Å². The van der Waals surface area contributed by atoms with Crippen LogP contribution in [0.1, 0.15) is 24.5 Å². The summed E-state index contributed by atoms with van der Waals surface area (Å²) < 4.78 is 10.7. The second-order valence-corrected chi connectivity index (χ2v) is 5.59. The van der Waals surface area contributed by atoms with Crippen LogP contribution in [0.15, 0.2) is 48.5 Å². The molecule has 2 rings (SSSR count). The maximum absolute atomic E-state index is 12.5. The minimum absolute atomic E-state index is 0.0113. The van der Waals surface area contributed by atoms with Crippen LogP contribution in [0.25, 0.3) is 0 Å². The average molecular weight is 338 g/mol. The Kier molecular flexibility index (Phi) is 6.85. The van der Waals surface area contributed by atoms with E-state index < -0.39 is 0 Å². The first-order valence-corrected chi connectivity index (χ1v) is 8.20. The molecule has 0 saturated heterocycles. The predicted octanol–water partition coefficient (Wildman–Crippen LogP) is 3.38. The molecule has 0 unspecified atom stereocenters. The van der Waals surface area contributed by atoms with E-state index in [1.165, 1.54) is 0 Å². The van der Waals surface area contributed by atoms with Crippen molar-refractivity contribution >= 4 is 5.91 Å². The third kappa shape index (κ3) is 5.54. The van der Waals surface area contributed by atoms with Crippen LogP contribution in [-0.2, 0) is 11.3 Å². The number of amides is 1. The highest BCUT2D eigenvalue weighted by Crippen LogP contribution is 2.17. The fourth-order valence-electron chi connectivity index (χ4n) is 2.38. The lowest BCUT2D eigenvalue weighted by molar-refractivity contribution is -0.134. The Balaban J connectivity index is 1.95. The van der Waals surface area contributed by atoms with Gasteiger partial charge in [-0.2, -0.15) is 5.26 Å². The van der Waals surface area contributed by atoms with Crippen LogP contribution in [0, 0.1) is 11.3 Å². The van der Waals surface area contributed by atoms with Crippen LogP contribution in [0.3, 0.4) is 0 Å². The molecule has 0 bridgehead atoms. The SMILES string of the molecule is CCCN(Cc1ccc(C#N)cc1)C(=O)COc1ccc(OC)cc1. The summed E-state index contributed by atoms with van der Waals surface area (Å²) in [4.78, 5) is 14.2. The minimum atomic E-state index is -0.0676. The van der Waals surface area contributed by atoms with Gasteiger partial charge in [-0.25, -0.2) is 0 Å². The van der Waals surface area contributed by atoms with Gasteiger partial charge in [-0.3, -0.25) is 4.79 Å². The Morgan fingerprint density at radius 3 is 2.28 bits per heavy atom. The van der Waals surface area contributed by atoms with Gasteiger partial charge in [0.1, 0.15) is 11.5 Å². The van der Waals surface area contributed by atoms with Crippen molar-refractivity contribution in [3.63, 3.8) is 0 Å². The monoisotopic (exact) mass is 338 g/mol. The van der Waals surface area contributed by atoms with E-state index in [0.29, 0.717) is 24.4 Å². The molecule has 0 N–H and O–H groups in total. The van der Waals surface area contributed by atoms with Crippen molar-refractivity contribution in [3.8, 4) is 17.6 Å². The number of rotatable bonds is 8. The number of nitriles is 1. The second kappa shape index (κ2) is 9.33. The number of ether oxygens (including phenoxy) is 2. The maximum atomic E-state index is 12.5. The van der Waals surface area contributed by atoms with E-state index in [4.69, 9.17) is 14.7 Å². The number of methoxy groups -OCH3 is 1. The summed E-state index contributed by atoms with van der Waals surface area (Å²) in [6, 6.07) is 16.5. The van der Waals surface area contributed by atoms with Crippen LogP contribution in [-0.4, -0.2) is 31.1 Å². The van der Waals surface area contributed by atoms with Crippen molar-refractivity contribution in [2.24, 2.45) is 0 Å². The van der Waals surface area contributed by atoms with E-state index in [0.717, 1.165) is 17.7 Å². The summed E-state index contributed by atoms with van der Waals surface area (Å²) >= 11 is 0. The predicted molar refractivity (Wildman–Crippen MR) is 95.4 cm³/mol. The summed E-state index contributed by atoms with van der Waals surface area (Å²) in [5, 5.41) is 8.86. The van der Waals surface area contributed by atoms with Gasteiger partial charge in [0.25, 0.3) is 5.91 Å². The van der Waals surface area contributed by atoms with E-state index >= 15 is 0 Å². The van der Waals surface area contributed by atoms with Gasteiger partial charge in [0.2, 0.25) is 0 Å². The minimum Gasteiger partial charge on any atom is -0.497 e. The molecule has 0 aliphatic rings. The zero-order valence-corrected chi connectivity index (χ0v) is 14.6. The van der Waals surface area contributed by atoms with Crippen molar-refractivity contribution in [2.75, 3.05) is 20.3 Å². The molecule has 5 nitrogen and oxygen atoms in total. The molecule has 0 spiro atoms. The largest absolute Gasteiger partial charge is 0.497 e. The molecule has 0 aromatic heterocycles.